The van der Waals surface area contributed by atoms with Gasteiger partial charge in [-0.05, 0) is 32.7 Å². The van der Waals surface area contributed by atoms with E-state index in [0.717, 1.165) is 39.1 Å². The molecule has 2 unspecified atom stereocenters. The summed E-state index contributed by atoms with van der Waals surface area (Å²) in [5.41, 5.74) is 0. The van der Waals surface area contributed by atoms with Gasteiger partial charge in [0.1, 0.15) is 5.15 Å². The Bertz CT molecular complexity index is 519. The van der Waals surface area contributed by atoms with Crippen molar-refractivity contribution < 1.29 is 9.53 Å². The molecule has 22 heavy (non-hydrogen) atoms. The predicted octanol–water partition coefficient (Wildman–Crippen LogP) is 2.51. The SMILES string of the molecule is CN(CC1CCCCO1)C1CCN(C(=O)c2nc(Cl)cs2)C1. The summed E-state index contributed by atoms with van der Waals surface area (Å²) in [4.78, 5) is 20.7. The summed E-state index contributed by atoms with van der Waals surface area (Å²) in [6.45, 7) is 3.39. The zero-order valence-electron chi connectivity index (χ0n) is 12.8. The normalized spacial score (nSPS) is 25.9. The third kappa shape index (κ3) is 3.79. The molecule has 2 saturated heterocycles. The van der Waals surface area contributed by atoms with E-state index in [1.807, 2.05) is 4.90 Å². The Morgan fingerprint density at radius 2 is 2.41 bits per heavy atom. The van der Waals surface area contributed by atoms with Crippen LogP contribution in [0, 0.1) is 0 Å². The second kappa shape index (κ2) is 7.25. The summed E-state index contributed by atoms with van der Waals surface area (Å²) in [5.74, 6) is 0.00159. The van der Waals surface area contributed by atoms with Crippen LogP contribution in [0.1, 0.15) is 35.5 Å². The molecule has 0 aromatic carbocycles. The summed E-state index contributed by atoms with van der Waals surface area (Å²) in [6.07, 6.45) is 4.95. The lowest BCUT2D eigenvalue weighted by atomic mass is 10.1. The summed E-state index contributed by atoms with van der Waals surface area (Å²) in [5, 5.41) is 2.59. The molecular weight excluding hydrogens is 322 g/mol. The first-order chi connectivity index (χ1) is 10.6. The van der Waals surface area contributed by atoms with Crippen molar-refractivity contribution in [3.63, 3.8) is 0 Å². The highest BCUT2D eigenvalue weighted by molar-refractivity contribution is 7.12. The molecule has 1 aromatic heterocycles. The van der Waals surface area contributed by atoms with E-state index >= 15 is 0 Å². The van der Waals surface area contributed by atoms with E-state index in [9.17, 15) is 4.79 Å². The number of hydrogen-bond acceptors (Lipinski definition) is 5. The lowest BCUT2D eigenvalue weighted by molar-refractivity contribution is -0.00737. The van der Waals surface area contributed by atoms with Gasteiger partial charge in [-0.2, -0.15) is 0 Å². The fourth-order valence-corrected chi connectivity index (χ4v) is 4.11. The van der Waals surface area contributed by atoms with Crippen LogP contribution < -0.4 is 0 Å². The number of halogens is 1. The van der Waals surface area contributed by atoms with Gasteiger partial charge in [-0.15, -0.1) is 11.3 Å². The van der Waals surface area contributed by atoms with E-state index in [2.05, 4.69) is 16.9 Å². The quantitative estimate of drug-likeness (QED) is 0.842. The molecule has 122 valence electrons. The van der Waals surface area contributed by atoms with E-state index in [0.29, 0.717) is 22.3 Å². The number of carbonyl (C=O) groups excluding carboxylic acids is 1. The third-order valence-corrected chi connectivity index (χ3v) is 5.65. The van der Waals surface area contributed by atoms with E-state index in [4.69, 9.17) is 16.3 Å². The first-order valence-corrected chi connectivity index (χ1v) is 9.11. The van der Waals surface area contributed by atoms with Crippen LogP contribution in [0.2, 0.25) is 5.15 Å². The number of hydrogen-bond donors (Lipinski definition) is 0. The van der Waals surface area contributed by atoms with Crippen molar-refractivity contribution in [2.24, 2.45) is 0 Å². The van der Waals surface area contributed by atoms with Crippen molar-refractivity contribution in [3.05, 3.63) is 15.5 Å². The number of likely N-dealkylation sites (tertiary alicyclic amines) is 1. The van der Waals surface area contributed by atoms with Crippen molar-refractivity contribution in [1.29, 1.82) is 0 Å². The van der Waals surface area contributed by atoms with E-state index in [1.54, 1.807) is 5.38 Å². The predicted molar refractivity (Wildman–Crippen MR) is 87.7 cm³/mol. The number of carbonyl (C=O) groups is 1. The van der Waals surface area contributed by atoms with Gasteiger partial charge in [-0.25, -0.2) is 4.98 Å². The molecule has 0 aliphatic carbocycles. The molecule has 2 aliphatic heterocycles. The van der Waals surface area contributed by atoms with Crippen LogP contribution in [0.5, 0.6) is 0 Å². The molecule has 0 saturated carbocycles. The molecule has 0 N–H and O–H groups in total. The number of nitrogens with zero attached hydrogens (tertiary/aromatic N) is 3. The minimum atomic E-state index is 0.00159. The lowest BCUT2D eigenvalue weighted by Gasteiger charge is -2.30. The van der Waals surface area contributed by atoms with Gasteiger partial charge in [0.05, 0.1) is 6.10 Å². The molecule has 5 nitrogen and oxygen atoms in total. The molecule has 0 bridgehead atoms. The van der Waals surface area contributed by atoms with Crippen LogP contribution in [0.25, 0.3) is 0 Å². The molecule has 1 aromatic rings. The number of likely N-dealkylation sites (N-methyl/N-ethyl adjacent to an activating group) is 1. The van der Waals surface area contributed by atoms with Crippen molar-refractivity contribution in [3.8, 4) is 0 Å². The summed E-state index contributed by atoms with van der Waals surface area (Å²) in [7, 11) is 2.14. The fraction of sp³-hybridized carbons (Fsp3) is 0.733. The van der Waals surface area contributed by atoms with Crippen molar-refractivity contribution in [2.75, 3.05) is 33.3 Å². The second-order valence-electron chi connectivity index (χ2n) is 6.10. The zero-order chi connectivity index (χ0) is 15.5. The molecule has 7 heteroatoms. The van der Waals surface area contributed by atoms with Gasteiger partial charge in [0.25, 0.3) is 5.91 Å². The monoisotopic (exact) mass is 343 g/mol. The van der Waals surface area contributed by atoms with Crippen LogP contribution in [0.4, 0.5) is 0 Å². The van der Waals surface area contributed by atoms with Gasteiger partial charge in [-0.3, -0.25) is 9.69 Å². The van der Waals surface area contributed by atoms with Gasteiger partial charge < -0.3 is 9.64 Å². The Kier molecular flexibility index (Phi) is 5.33. The smallest absolute Gasteiger partial charge is 0.282 e. The summed E-state index contributed by atoms with van der Waals surface area (Å²) >= 11 is 7.12. The van der Waals surface area contributed by atoms with Gasteiger partial charge in [0, 0.05) is 37.7 Å². The average Bonchev–Trinajstić information content (AvgIpc) is 3.16. The highest BCUT2D eigenvalue weighted by atomic mass is 35.5. The second-order valence-corrected chi connectivity index (χ2v) is 7.34. The summed E-state index contributed by atoms with van der Waals surface area (Å²) < 4.78 is 5.81. The van der Waals surface area contributed by atoms with Crippen LogP contribution in [0.3, 0.4) is 0 Å². The maximum atomic E-state index is 12.4. The van der Waals surface area contributed by atoms with Crippen LogP contribution >= 0.6 is 22.9 Å². The lowest BCUT2D eigenvalue weighted by Crippen LogP contribution is -2.41. The zero-order valence-corrected chi connectivity index (χ0v) is 14.4. The van der Waals surface area contributed by atoms with Gasteiger partial charge in [0.2, 0.25) is 0 Å². The minimum absolute atomic E-state index is 0.00159. The minimum Gasteiger partial charge on any atom is -0.377 e. The molecule has 3 rings (SSSR count). The van der Waals surface area contributed by atoms with Crippen molar-refractivity contribution in [1.82, 2.24) is 14.8 Å². The molecule has 2 aliphatic rings. The number of amides is 1. The molecule has 2 atom stereocenters. The van der Waals surface area contributed by atoms with Crippen LogP contribution in [-0.2, 0) is 4.74 Å². The van der Waals surface area contributed by atoms with E-state index < -0.39 is 0 Å². The first-order valence-electron chi connectivity index (χ1n) is 7.85. The number of rotatable bonds is 4. The Morgan fingerprint density at radius 3 is 3.09 bits per heavy atom. The van der Waals surface area contributed by atoms with Crippen molar-refractivity contribution in [2.45, 2.75) is 37.8 Å². The fourth-order valence-electron chi connectivity index (χ4n) is 3.20. The Labute approximate surface area is 140 Å². The molecule has 0 radical (unpaired) electrons. The van der Waals surface area contributed by atoms with Gasteiger partial charge in [0.15, 0.2) is 5.01 Å². The van der Waals surface area contributed by atoms with Gasteiger partial charge in [-0.1, -0.05) is 11.6 Å². The highest BCUT2D eigenvalue weighted by Crippen LogP contribution is 2.22. The topological polar surface area (TPSA) is 45.7 Å². The van der Waals surface area contributed by atoms with E-state index in [1.165, 1.54) is 24.2 Å². The number of aromatic nitrogens is 1. The largest absolute Gasteiger partial charge is 0.377 e. The Balaban J connectivity index is 1.51. The standard InChI is InChI=1S/C15H22ClN3O2S/c1-18(9-12-4-2-3-7-21-12)11-5-6-19(8-11)15(20)14-17-13(16)10-22-14/h10-12H,2-9H2,1H3. The maximum Gasteiger partial charge on any atom is 0.282 e. The van der Waals surface area contributed by atoms with Gasteiger partial charge >= 0.3 is 0 Å². The average molecular weight is 344 g/mol. The molecular formula is C15H22ClN3O2S. The van der Waals surface area contributed by atoms with Crippen LogP contribution in [0.15, 0.2) is 5.38 Å². The van der Waals surface area contributed by atoms with Crippen molar-refractivity contribution >= 4 is 28.8 Å². The summed E-state index contributed by atoms with van der Waals surface area (Å²) in [6, 6.07) is 0.407. The third-order valence-electron chi connectivity index (χ3n) is 4.50. The van der Waals surface area contributed by atoms with E-state index in [-0.39, 0.29) is 5.91 Å². The van der Waals surface area contributed by atoms with Crippen LogP contribution in [-0.4, -0.2) is 66.1 Å². The maximum absolute atomic E-state index is 12.4. The molecule has 2 fully saturated rings. The first kappa shape index (κ1) is 16.2. The molecule has 3 heterocycles. The highest BCUT2D eigenvalue weighted by Gasteiger charge is 2.31. The molecule has 0 spiro atoms. The Morgan fingerprint density at radius 1 is 1.55 bits per heavy atom. The number of ether oxygens (including phenoxy) is 1. The molecule has 1 amide bonds. The number of thiazole rings is 1. The Hall–Kier alpha value is -0.690.